The van der Waals surface area contributed by atoms with Gasteiger partial charge < -0.3 is 26.0 Å². The number of hydrogen-bond acceptors (Lipinski definition) is 9. The van der Waals surface area contributed by atoms with E-state index in [0.717, 1.165) is 0 Å². The zero-order valence-electron chi connectivity index (χ0n) is 29.5. The first-order valence-corrected chi connectivity index (χ1v) is 15.6. The van der Waals surface area contributed by atoms with Crippen molar-refractivity contribution >= 4 is 47.2 Å². The predicted molar refractivity (Wildman–Crippen MR) is 196 cm³/mol. The first-order chi connectivity index (χ1) is 27.9. The molecule has 0 atom stereocenters. The molecule has 0 fully saturated rings. The molecule has 0 saturated carbocycles. The number of benzene rings is 2. The quantitative estimate of drug-likeness (QED) is 0.0221. The van der Waals surface area contributed by atoms with Crippen molar-refractivity contribution in [3.63, 3.8) is 0 Å². The van der Waals surface area contributed by atoms with Crippen LogP contribution in [0.15, 0.2) is 119 Å². The molecule has 4 N–H and O–H groups in total. The van der Waals surface area contributed by atoms with Crippen molar-refractivity contribution in [3.8, 4) is 0 Å². The van der Waals surface area contributed by atoms with Gasteiger partial charge in [-0.05, 0) is 70.7 Å². The summed E-state index contributed by atoms with van der Waals surface area (Å²) in [5.74, 6) is -2.28. The molecule has 2 aromatic heterocycles. The molecule has 0 aliphatic carbocycles. The van der Waals surface area contributed by atoms with Crippen molar-refractivity contribution in [1.82, 2.24) is 31.2 Å². The summed E-state index contributed by atoms with van der Waals surface area (Å²) in [7, 11) is 0. The average Bonchev–Trinajstić information content (AvgIpc) is 3.26. The summed E-state index contributed by atoms with van der Waals surface area (Å²) < 4.78 is 53.6. The molecule has 306 valence electrons. The summed E-state index contributed by atoms with van der Waals surface area (Å²) >= 11 is 0. The Labute approximate surface area is 323 Å². The minimum Gasteiger partial charge on any atom is -0.378 e. The molecule has 0 aliphatic heterocycles. The number of nitrogens with one attached hydrogen (secondary N) is 4. The van der Waals surface area contributed by atoms with E-state index in [9.17, 15) is 19.2 Å². The number of amides is 4. The molecule has 0 spiro atoms. The van der Waals surface area contributed by atoms with Crippen LogP contribution >= 0.6 is 0 Å². The number of carbonyl (C=O) groups is 4. The van der Waals surface area contributed by atoms with Crippen LogP contribution < -0.4 is 21.3 Å². The molecule has 0 saturated heterocycles. The van der Waals surface area contributed by atoms with E-state index >= 15 is 0 Å². The van der Waals surface area contributed by atoms with E-state index in [0.29, 0.717) is 22.5 Å². The summed E-state index contributed by atoms with van der Waals surface area (Å²) in [6.45, 7) is 0.318. The monoisotopic (exact) mass is 820 g/mol. The number of carbonyl (C=O) groups excluding carboxylic acids is 4. The van der Waals surface area contributed by atoms with Gasteiger partial charge in [0.2, 0.25) is 0 Å². The highest BCUT2D eigenvalue weighted by atomic mass is 20.0. The van der Waals surface area contributed by atoms with Crippen LogP contribution in [0.25, 0.3) is 33.0 Å². The van der Waals surface area contributed by atoms with Gasteiger partial charge in [-0.15, -0.1) is 0 Å². The van der Waals surface area contributed by atoms with E-state index in [-0.39, 0.29) is 53.5 Å². The lowest BCUT2D eigenvalue weighted by molar-refractivity contribution is -0.118. The SMILES string of the molecule is F.FF.FF.FF.[N-]=[N+]=Nc1ccc(C(=O)N/C(=C\c2cccnc2)C(=O)NCCOCCNC(=O)/C(=C/c2cccnc2)NC(=O)c2ccc(N=[N+]=[N-])cc2)cc1. The van der Waals surface area contributed by atoms with Crippen molar-refractivity contribution in [1.29, 1.82) is 0 Å². The highest BCUT2D eigenvalue weighted by Gasteiger charge is 2.16. The second kappa shape index (κ2) is 30.5. The van der Waals surface area contributed by atoms with Crippen LogP contribution in [0.2, 0.25) is 0 Å². The molecule has 24 heteroatoms. The fourth-order valence-electron chi connectivity index (χ4n) is 4.19. The van der Waals surface area contributed by atoms with Gasteiger partial charge >= 0.3 is 0 Å². The maximum absolute atomic E-state index is 13.0. The number of hydrogen-bond donors (Lipinski definition) is 4. The number of halogens is 7. The third kappa shape index (κ3) is 18.5. The predicted octanol–water partition coefficient (Wildman–Crippen LogP) is 7.52. The molecule has 0 unspecified atom stereocenters. The molecule has 17 nitrogen and oxygen atoms in total. The van der Waals surface area contributed by atoms with Gasteiger partial charge in [-0.2, -0.15) is 0 Å². The van der Waals surface area contributed by atoms with Gasteiger partial charge in [-0.1, -0.05) is 46.6 Å². The van der Waals surface area contributed by atoms with Crippen molar-refractivity contribution in [3.05, 3.63) is 152 Å². The Hall–Kier alpha value is -7.81. The van der Waals surface area contributed by atoms with E-state index in [2.05, 4.69) is 51.3 Å². The smallest absolute Gasteiger partial charge is 0.267 e. The maximum Gasteiger partial charge on any atom is 0.267 e. The number of nitrogens with zero attached hydrogens (tertiary/aromatic N) is 8. The lowest BCUT2D eigenvalue weighted by Crippen LogP contribution is -2.37. The summed E-state index contributed by atoms with van der Waals surface area (Å²) in [6, 6.07) is 18.5. The topological polar surface area (TPSA) is 249 Å². The molecular weight excluding hydrogens is 789 g/mol. The molecule has 4 rings (SSSR count). The minimum absolute atomic E-state index is 0. The molecule has 2 heterocycles. The zero-order valence-corrected chi connectivity index (χ0v) is 29.5. The fraction of sp³-hybridized carbons (Fsp3) is 0.118. The van der Waals surface area contributed by atoms with Crippen LogP contribution in [-0.2, 0) is 14.3 Å². The van der Waals surface area contributed by atoms with Gasteiger partial charge in [0, 0.05) is 97.6 Å². The summed E-state index contributed by atoms with van der Waals surface area (Å²) in [4.78, 5) is 65.3. The van der Waals surface area contributed by atoms with E-state index in [4.69, 9.17) is 43.2 Å². The Balaban J connectivity index is 0.00000443. The van der Waals surface area contributed by atoms with E-state index in [1.165, 1.54) is 73.1 Å². The number of azide groups is 2. The van der Waals surface area contributed by atoms with Gasteiger partial charge in [0.25, 0.3) is 23.6 Å². The number of rotatable bonds is 16. The Kier molecular flexibility index (Phi) is 26.4. The number of pyridine rings is 2. The molecule has 0 aliphatic rings. The van der Waals surface area contributed by atoms with Crippen molar-refractivity contribution < 1.29 is 56.1 Å². The lowest BCUT2D eigenvalue weighted by Gasteiger charge is -2.13. The Morgan fingerprint density at radius 1 is 0.621 bits per heavy atom. The van der Waals surface area contributed by atoms with E-state index < -0.39 is 23.6 Å². The molecular formula is C34H31F7N12O5. The first-order valence-electron chi connectivity index (χ1n) is 15.6. The van der Waals surface area contributed by atoms with Gasteiger partial charge in [-0.25, -0.2) is 0 Å². The highest BCUT2D eigenvalue weighted by molar-refractivity contribution is 6.06. The van der Waals surface area contributed by atoms with Crippen LogP contribution in [0.4, 0.5) is 43.5 Å². The van der Waals surface area contributed by atoms with Crippen LogP contribution in [0, 0.1) is 0 Å². The highest BCUT2D eigenvalue weighted by Crippen LogP contribution is 2.15. The molecule has 0 radical (unpaired) electrons. The summed E-state index contributed by atoms with van der Waals surface area (Å²) in [5, 5.41) is 17.5. The van der Waals surface area contributed by atoms with Crippen molar-refractivity contribution in [2.45, 2.75) is 0 Å². The van der Waals surface area contributed by atoms with Gasteiger partial charge in [0.1, 0.15) is 11.4 Å². The minimum atomic E-state index is -0.580. The van der Waals surface area contributed by atoms with Crippen molar-refractivity contribution in [2.75, 3.05) is 26.3 Å². The molecule has 0 bridgehead atoms. The van der Waals surface area contributed by atoms with Crippen LogP contribution in [-0.4, -0.2) is 59.9 Å². The maximum atomic E-state index is 13.0. The third-order valence-corrected chi connectivity index (χ3v) is 6.62. The second-order valence-electron chi connectivity index (χ2n) is 10.2. The van der Waals surface area contributed by atoms with E-state index in [1.54, 1.807) is 36.7 Å². The summed E-state index contributed by atoms with van der Waals surface area (Å²) in [5.41, 5.74) is 19.4. The largest absolute Gasteiger partial charge is 0.378 e. The van der Waals surface area contributed by atoms with Crippen molar-refractivity contribution in [2.24, 2.45) is 10.2 Å². The molecule has 4 aromatic rings. The Morgan fingerprint density at radius 3 is 1.29 bits per heavy atom. The van der Waals surface area contributed by atoms with Crippen LogP contribution in [0.1, 0.15) is 31.8 Å². The van der Waals surface area contributed by atoms with Gasteiger partial charge in [0.15, 0.2) is 0 Å². The van der Waals surface area contributed by atoms with Crippen LogP contribution in [0.5, 0.6) is 0 Å². The normalized spacial score (nSPS) is 9.90. The first kappa shape index (κ1) is 50.2. The molecule has 2 aromatic carbocycles. The third-order valence-electron chi connectivity index (χ3n) is 6.62. The second-order valence-corrected chi connectivity index (χ2v) is 10.2. The Bertz CT molecular complexity index is 1870. The average molecular weight is 821 g/mol. The standard InChI is InChI=1S/C34H30N12O5.3F2.FH/c35-45-43-27-9-5-25(6-10-27)31(47)41-29(19-23-3-1-13-37-21-23)33(49)39-15-17-51-18-16-40-34(50)30(20-24-4-2-14-38-22-24)42-32(48)26-7-11-28(12-8-26)44-46-36;3*1-2;/h1-14,19-22H,15-18H2,(H,39,49)(H,40,50)(H,41,47)(H,42,48);;;;1H/b29-19-,30-20-;;;;. The number of aromatic nitrogens is 2. The summed E-state index contributed by atoms with van der Waals surface area (Å²) in [6.07, 6.45) is 9.14. The van der Waals surface area contributed by atoms with Gasteiger partial charge in [-0.3, -0.25) is 33.9 Å². The Morgan fingerprint density at radius 2 is 0.983 bits per heavy atom. The van der Waals surface area contributed by atoms with Gasteiger partial charge in [0.05, 0.1) is 13.2 Å². The number of ether oxygens (including phenoxy) is 1. The van der Waals surface area contributed by atoms with E-state index in [1.807, 2.05) is 0 Å². The molecule has 58 heavy (non-hydrogen) atoms. The lowest BCUT2D eigenvalue weighted by atomic mass is 10.1. The zero-order chi connectivity index (χ0) is 42.3. The van der Waals surface area contributed by atoms with Crippen LogP contribution in [0.3, 0.4) is 0 Å². The molecule has 4 amide bonds. The fourth-order valence-corrected chi connectivity index (χ4v) is 4.19.